The molecule has 0 bridgehead atoms. The Morgan fingerprint density at radius 1 is 0.650 bits per heavy atom. The summed E-state index contributed by atoms with van der Waals surface area (Å²) in [6.45, 7) is 2.64. The third-order valence-electron chi connectivity index (χ3n) is 6.47. The highest BCUT2D eigenvalue weighted by atomic mass is 16.6. The summed E-state index contributed by atoms with van der Waals surface area (Å²) in [4.78, 5) is 39.0. The SMILES string of the molecule is CCCCCCCCCCOc1cccc2oc(=O)c(OC(=O)c3ccccc3)c(OC(=O)c3ccccc3)c12. The predicted octanol–water partition coefficient (Wildman–Crippen LogP) is 7.75. The van der Waals surface area contributed by atoms with Gasteiger partial charge in [0.2, 0.25) is 0 Å². The molecule has 0 amide bonds. The van der Waals surface area contributed by atoms with E-state index in [4.69, 9.17) is 18.6 Å². The second kappa shape index (κ2) is 14.7. The highest BCUT2D eigenvalue weighted by Crippen LogP contribution is 2.39. The number of carbonyl (C=O) groups is 2. The smallest absolute Gasteiger partial charge is 0.383 e. The van der Waals surface area contributed by atoms with Crippen molar-refractivity contribution in [2.45, 2.75) is 58.3 Å². The minimum Gasteiger partial charge on any atom is -0.493 e. The van der Waals surface area contributed by atoms with Gasteiger partial charge in [-0.25, -0.2) is 14.4 Å². The normalized spacial score (nSPS) is 10.8. The van der Waals surface area contributed by atoms with Crippen LogP contribution in [0.15, 0.2) is 88.1 Å². The standard InChI is InChI=1S/C33H34O7/c1-2-3-4-5-6-7-8-15-23-37-26-21-16-22-27-28(26)29(39-31(34)24-17-11-9-12-18-24)30(33(36)38-27)40-32(35)25-19-13-10-14-20-25/h9-14,16-22H,2-8,15,23H2,1H3. The van der Waals surface area contributed by atoms with E-state index in [9.17, 15) is 14.4 Å². The maximum Gasteiger partial charge on any atom is 0.383 e. The molecule has 0 spiro atoms. The summed E-state index contributed by atoms with van der Waals surface area (Å²) in [5, 5.41) is 0.238. The molecular weight excluding hydrogens is 508 g/mol. The molecule has 208 valence electrons. The van der Waals surface area contributed by atoms with E-state index in [1.807, 2.05) is 0 Å². The van der Waals surface area contributed by atoms with Crippen molar-refractivity contribution in [3.8, 4) is 17.2 Å². The number of ether oxygens (including phenoxy) is 3. The molecule has 0 atom stereocenters. The number of rotatable bonds is 14. The Labute approximate surface area is 233 Å². The summed E-state index contributed by atoms with van der Waals surface area (Å²) >= 11 is 0. The third kappa shape index (κ3) is 7.59. The van der Waals surface area contributed by atoms with Crippen molar-refractivity contribution in [2.75, 3.05) is 6.61 Å². The summed E-state index contributed by atoms with van der Waals surface area (Å²) < 4.78 is 22.8. The molecule has 0 fully saturated rings. The van der Waals surface area contributed by atoms with Gasteiger partial charge in [0.05, 0.1) is 17.7 Å². The van der Waals surface area contributed by atoms with Gasteiger partial charge in [0, 0.05) is 0 Å². The Balaban J connectivity index is 1.62. The maximum absolute atomic E-state index is 13.1. The monoisotopic (exact) mass is 542 g/mol. The summed E-state index contributed by atoms with van der Waals surface area (Å²) in [6.07, 6.45) is 9.24. The zero-order chi connectivity index (χ0) is 28.2. The van der Waals surface area contributed by atoms with Gasteiger partial charge in [-0.2, -0.15) is 0 Å². The highest BCUT2D eigenvalue weighted by molar-refractivity contribution is 5.99. The molecule has 0 saturated carbocycles. The Bertz CT molecular complexity index is 1460. The van der Waals surface area contributed by atoms with E-state index in [2.05, 4.69) is 6.92 Å². The molecule has 0 aliphatic rings. The molecule has 4 rings (SSSR count). The van der Waals surface area contributed by atoms with E-state index in [1.165, 1.54) is 32.1 Å². The number of fused-ring (bicyclic) bond motifs is 1. The van der Waals surface area contributed by atoms with Crippen molar-refractivity contribution in [1.82, 2.24) is 0 Å². The van der Waals surface area contributed by atoms with Gasteiger partial charge in [-0.15, -0.1) is 0 Å². The molecule has 7 nitrogen and oxygen atoms in total. The minimum absolute atomic E-state index is 0.147. The van der Waals surface area contributed by atoms with E-state index < -0.39 is 23.3 Å². The Hall–Kier alpha value is -4.39. The second-order valence-electron chi connectivity index (χ2n) is 9.51. The van der Waals surface area contributed by atoms with E-state index in [-0.39, 0.29) is 27.8 Å². The Morgan fingerprint density at radius 3 is 1.80 bits per heavy atom. The molecule has 4 aromatic rings. The largest absolute Gasteiger partial charge is 0.493 e. The van der Waals surface area contributed by atoms with Gasteiger partial charge in [0.1, 0.15) is 16.7 Å². The summed E-state index contributed by atoms with van der Waals surface area (Å²) in [5.74, 6) is -1.90. The van der Waals surface area contributed by atoms with Crippen LogP contribution in [0.25, 0.3) is 11.0 Å². The first-order valence-electron chi connectivity index (χ1n) is 13.9. The Kier molecular flexibility index (Phi) is 10.5. The summed E-state index contributed by atoms with van der Waals surface area (Å²) in [6, 6.07) is 21.5. The number of unbranched alkanes of at least 4 members (excludes halogenated alkanes) is 7. The number of hydrogen-bond acceptors (Lipinski definition) is 7. The molecule has 0 radical (unpaired) electrons. The van der Waals surface area contributed by atoms with Crippen LogP contribution in [0.2, 0.25) is 0 Å². The first-order valence-corrected chi connectivity index (χ1v) is 13.9. The minimum atomic E-state index is -0.951. The molecule has 0 N–H and O–H groups in total. The topological polar surface area (TPSA) is 92.0 Å². The number of hydrogen-bond donors (Lipinski definition) is 0. The molecule has 40 heavy (non-hydrogen) atoms. The second-order valence-corrected chi connectivity index (χ2v) is 9.51. The molecule has 0 saturated heterocycles. The van der Waals surface area contributed by atoms with Crippen molar-refractivity contribution in [1.29, 1.82) is 0 Å². The van der Waals surface area contributed by atoms with Gasteiger partial charge in [-0.1, -0.05) is 94.3 Å². The number of esters is 2. The van der Waals surface area contributed by atoms with Crippen molar-refractivity contribution < 1.29 is 28.2 Å². The van der Waals surface area contributed by atoms with Gasteiger partial charge in [0.25, 0.3) is 5.75 Å². The van der Waals surface area contributed by atoms with Crippen LogP contribution in [0.5, 0.6) is 17.2 Å². The van der Waals surface area contributed by atoms with Gasteiger partial charge in [-0.3, -0.25) is 0 Å². The lowest BCUT2D eigenvalue weighted by molar-refractivity contribution is 0.0678. The molecule has 0 unspecified atom stereocenters. The van der Waals surface area contributed by atoms with Crippen molar-refractivity contribution >= 4 is 22.9 Å². The molecule has 0 aliphatic carbocycles. The van der Waals surface area contributed by atoms with Crippen LogP contribution in [-0.4, -0.2) is 18.5 Å². The predicted molar refractivity (Wildman–Crippen MR) is 153 cm³/mol. The summed E-state index contributed by atoms with van der Waals surface area (Å²) in [7, 11) is 0. The lowest BCUT2D eigenvalue weighted by atomic mass is 10.1. The molecule has 0 aliphatic heterocycles. The van der Waals surface area contributed by atoms with Crippen LogP contribution in [0, 0.1) is 0 Å². The van der Waals surface area contributed by atoms with Gasteiger partial charge < -0.3 is 18.6 Å². The quantitative estimate of drug-likeness (QED) is 0.0913. The fourth-order valence-electron chi connectivity index (χ4n) is 4.35. The van der Waals surface area contributed by atoms with Crippen LogP contribution in [0.3, 0.4) is 0 Å². The van der Waals surface area contributed by atoms with E-state index >= 15 is 0 Å². The Morgan fingerprint density at radius 2 is 1.20 bits per heavy atom. The van der Waals surface area contributed by atoms with Gasteiger partial charge >= 0.3 is 17.6 Å². The fourth-order valence-corrected chi connectivity index (χ4v) is 4.35. The van der Waals surface area contributed by atoms with E-state index in [0.29, 0.717) is 12.4 Å². The molecule has 1 aromatic heterocycles. The van der Waals surface area contributed by atoms with Crippen LogP contribution >= 0.6 is 0 Å². The van der Waals surface area contributed by atoms with E-state index in [1.54, 1.807) is 78.9 Å². The average Bonchev–Trinajstić information content (AvgIpc) is 2.98. The molecule has 1 heterocycles. The lowest BCUT2D eigenvalue weighted by Crippen LogP contribution is -2.18. The number of carbonyl (C=O) groups excluding carboxylic acids is 2. The van der Waals surface area contributed by atoms with Gasteiger partial charge in [-0.05, 0) is 42.8 Å². The van der Waals surface area contributed by atoms with Crippen LogP contribution < -0.4 is 19.8 Å². The zero-order valence-corrected chi connectivity index (χ0v) is 22.7. The van der Waals surface area contributed by atoms with Gasteiger partial charge in [0.15, 0.2) is 5.75 Å². The zero-order valence-electron chi connectivity index (χ0n) is 22.7. The average molecular weight is 543 g/mol. The molecule has 7 heteroatoms. The van der Waals surface area contributed by atoms with Crippen LogP contribution in [0.1, 0.15) is 79.0 Å². The number of benzene rings is 3. The van der Waals surface area contributed by atoms with Crippen LogP contribution in [0.4, 0.5) is 0 Å². The first kappa shape index (κ1) is 28.6. The maximum atomic E-state index is 13.1. The van der Waals surface area contributed by atoms with Crippen LogP contribution in [-0.2, 0) is 0 Å². The lowest BCUT2D eigenvalue weighted by Gasteiger charge is -2.15. The molecule has 3 aromatic carbocycles. The van der Waals surface area contributed by atoms with Crippen molar-refractivity contribution in [3.63, 3.8) is 0 Å². The van der Waals surface area contributed by atoms with E-state index in [0.717, 1.165) is 19.3 Å². The van der Waals surface area contributed by atoms with Crippen molar-refractivity contribution in [3.05, 3.63) is 100 Å². The first-order chi connectivity index (χ1) is 19.6. The van der Waals surface area contributed by atoms with Crippen molar-refractivity contribution in [2.24, 2.45) is 0 Å². The summed E-state index contributed by atoms with van der Waals surface area (Å²) in [5.41, 5.74) is -0.315. The molecular formula is C33H34O7. The fraction of sp³-hybridized carbons (Fsp3) is 0.303. The third-order valence-corrected chi connectivity index (χ3v) is 6.47. The highest BCUT2D eigenvalue weighted by Gasteiger charge is 2.26.